The van der Waals surface area contributed by atoms with Crippen molar-refractivity contribution in [2.24, 2.45) is 5.73 Å². The zero-order valence-electron chi connectivity index (χ0n) is 25.3. The summed E-state index contributed by atoms with van der Waals surface area (Å²) in [6.45, 7) is 4.59. The predicted octanol–water partition coefficient (Wildman–Crippen LogP) is 3.85. The Labute approximate surface area is 261 Å². The first-order valence-electron chi connectivity index (χ1n) is 14.9. The lowest BCUT2D eigenvalue weighted by Gasteiger charge is -2.37. The second-order valence-electron chi connectivity index (χ2n) is 10.9. The van der Waals surface area contributed by atoms with Crippen molar-refractivity contribution in [1.29, 1.82) is 5.41 Å². The number of hydrogen-bond acceptors (Lipinski definition) is 8. The maximum atomic E-state index is 14.3. The molecule has 2 aliphatic rings. The molecule has 0 radical (unpaired) electrons. The third-order valence-electron chi connectivity index (χ3n) is 7.92. The number of nitrogens with one attached hydrogen (secondary N) is 3. The Kier molecular flexibility index (Phi) is 9.33. The Morgan fingerprint density at radius 3 is 2.49 bits per heavy atom. The molecule has 236 valence electrons. The number of hydrogen-bond donors (Lipinski definition) is 4. The van der Waals surface area contributed by atoms with E-state index in [4.69, 9.17) is 20.6 Å². The molecule has 1 atom stereocenters. The number of benzene rings is 3. The van der Waals surface area contributed by atoms with Gasteiger partial charge in [0.25, 0.3) is 5.91 Å². The fourth-order valence-corrected chi connectivity index (χ4v) is 5.67. The highest BCUT2D eigenvalue weighted by atomic mass is 19.1. The topological polar surface area (TPSA) is 150 Å². The summed E-state index contributed by atoms with van der Waals surface area (Å²) in [7, 11) is 0. The van der Waals surface area contributed by atoms with E-state index in [1.807, 2.05) is 18.2 Å². The Balaban J connectivity index is 1.41. The average molecular weight is 617 g/mol. The molecular weight excluding hydrogens is 579 g/mol. The molecule has 2 aliphatic heterocycles. The van der Waals surface area contributed by atoms with Crippen LogP contribution in [0.5, 0.6) is 0 Å². The van der Waals surface area contributed by atoms with Crippen molar-refractivity contribution < 1.29 is 28.2 Å². The first-order valence-corrected chi connectivity index (χ1v) is 14.9. The van der Waals surface area contributed by atoms with Crippen LogP contribution in [0.25, 0.3) is 0 Å². The smallest absolute Gasteiger partial charge is 0.383 e. The minimum atomic E-state index is -2.37. The van der Waals surface area contributed by atoms with Crippen molar-refractivity contribution in [2.75, 3.05) is 29.9 Å². The van der Waals surface area contributed by atoms with E-state index in [1.54, 1.807) is 43.3 Å². The zero-order chi connectivity index (χ0) is 32.1. The van der Waals surface area contributed by atoms with Crippen molar-refractivity contribution in [2.45, 2.75) is 52.2 Å². The number of esters is 1. The van der Waals surface area contributed by atoms with E-state index >= 15 is 0 Å². The van der Waals surface area contributed by atoms with Crippen molar-refractivity contribution in [3.8, 4) is 0 Å². The van der Waals surface area contributed by atoms with Crippen LogP contribution in [0.4, 0.5) is 15.8 Å². The molecule has 3 aromatic carbocycles. The largest absolute Gasteiger partial charge is 0.405 e. The summed E-state index contributed by atoms with van der Waals surface area (Å²) in [5.41, 5.74) is 9.66. The SMILES string of the molecule is CCO[C@](OC(C)=O)(C(=O)NCc1ccc(C(=N)N)cc1NCc1ccccc1F)N1Cc2ccc(N3CCCC3)cc2C1=O. The lowest BCUT2D eigenvalue weighted by Crippen LogP contribution is -2.63. The monoisotopic (exact) mass is 616 g/mol. The van der Waals surface area contributed by atoms with E-state index in [0.29, 0.717) is 33.5 Å². The predicted molar refractivity (Wildman–Crippen MR) is 167 cm³/mol. The Morgan fingerprint density at radius 2 is 1.80 bits per heavy atom. The highest BCUT2D eigenvalue weighted by molar-refractivity contribution is 6.03. The van der Waals surface area contributed by atoms with Gasteiger partial charge >= 0.3 is 17.8 Å². The van der Waals surface area contributed by atoms with Gasteiger partial charge < -0.3 is 30.7 Å². The number of nitrogen functional groups attached to an aromatic ring is 1. The third-order valence-corrected chi connectivity index (χ3v) is 7.92. The van der Waals surface area contributed by atoms with Crippen LogP contribution in [0.15, 0.2) is 60.7 Å². The Hall–Kier alpha value is -4.97. The summed E-state index contributed by atoms with van der Waals surface area (Å²) >= 11 is 0. The first kappa shape index (κ1) is 31.5. The van der Waals surface area contributed by atoms with Gasteiger partial charge in [-0.05, 0) is 55.2 Å². The van der Waals surface area contributed by atoms with Crippen LogP contribution in [0.1, 0.15) is 59.3 Å². The van der Waals surface area contributed by atoms with Crippen LogP contribution in [-0.2, 0) is 38.7 Å². The number of halogens is 1. The summed E-state index contributed by atoms with van der Waals surface area (Å²) in [4.78, 5) is 43.6. The van der Waals surface area contributed by atoms with Crippen molar-refractivity contribution in [3.63, 3.8) is 0 Å². The molecular formula is C33H37FN6O5. The second-order valence-corrected chi connectivity index (χ2v) is 10.9. The number of amidine groups is 1. The first-order chi connectivity index (χ1) is 21.6. The van der Waals surface area contributed by atoms with E-state index in [0.717, 1.165) is 43.4 Å². The summed E-state index contributed by atoms with van der Waals surface area (Å²) < 4.78 is 25.7. The molecule has 2 heterocycles. The zero-order valence-corrected chi connectivity index (χ0v) is 25.3. The number of fused-ring (bicyclic) bond motifs is 1. The number of nitrogens with two attached hydrogens (primary N) is 1. The quantitative estimate of drug-likeness (QED) is 0.104. The van der Waals surface area contributed by atoms with Crippen LogP contribution in [-0.4, -0.2) is 54.1 Å². The number of anilines is 2. The van der Waals surface area contributed by atoms with Crippen molar-refractivity contribution in [3.05, 3.63) is 94.3 Å². The molecule has 5 rings (SSSR count). The molecule has 0 aromatic heterocycles. The van der Waals surface area contributed by atoms with E-state index < -0.39 is 23.7 Å². The third kappa shape index (κ3) is 6.60. The molecule has 45 heavy (non-hydrogen) atoms. The summed E-state index contributed by atoms with van der Waals surface area (Å²) in [6.07, 6.45) is 2.16. The molecule has 0 bridgehead atoms. The van der Waals surface area contributed by atoms with Gasteiger partial charge in [0.1, 0.15) is 11.7 Å². The van der Waals surface area contributed by atoms with Gasteiger partial charge in [0.05, 0.1) is 13.2 Å². The van der Waals surface area contributed by atoms with Gasteiger partial charge in [-0.15, -0.1) is 0 Å². The van der Waals surface area contributed by atoms with Gasteiger partial charge in [-0.1, -0.05) is 36.4 Å². The van der Waals surface area contributed by atoms with Crippen LogP contribution >= 0.6 is 0 Å². The van der Waals surface area contributed by atoms with Gasteiger partial charge in [-0.3, -0.25) is 24.7 Å². The fraction of sp³-hybridized carbons (Fsp3) is 0.333. The van der Waals surface area contributed by atoms with Crippen LogP contribution < -0.4 is 21.3 Å². The van der Waals surface area contributed by atoms with Crippen molar-refractivity contribution >= 4 is 35.0 Å². The molecule has 1 saturated heterocycles. The van der Waals surface area contributed by atoms with E-state index in [2.05, 4.69) is 15.5 Å². The Bertz CT molecular complexity index is 1620. The molecule has 0 spiro atoms. The number of carbonyl (C=O) groups is 3. The number of nitrogens with zero attached hydrogens (tertiary/aromatic N) is 2. The number of rotatable bonds is 12. The molecule has 2 amide bonds. The second kappa shape index (κ2) is 13.3. The molecule has 0 unspecified atom stereocenters. The Morgan fingerprint density at radius 1 is 1.04 bits per heavy atom. The van der Waals surface area contributed by atoms with Gasteiger partial charge in [0.15, 0.2) is 0 Å². The van der Waals surface area contributed by atoms with Gasteiger partial charge in [0.2, 0.25) is 0 Å². The van der Waals surface area contributed by atoms with Crippen LogP contribution in [0.2, 0.25) is 0 Å². The summed E-state index contributed by atoms with van der Waals surface area (Å²) in [6, 6.07) is 16.9. The minimum absolute atomic E-state index is 0.00208. The molecule has 0 aliphatic carbocycles. The average Bonchev–Trinajstić information content (AvgIpc) is 3.67. The van der Waals surface area contributed by atoms with E-state index in [1.165, 1.54) is 6.07 Å². The summed E-state index contributed by atoms with van der Waals surface area (Å²) in [5.74, 6) is -5.06. The normalized spacial score (nSPS) is 15.4. The molecule has 5 N–H and O–H groups in total. The molecule has 11 nitrogen and oxygen atoms in total. The van der Waals surface area contributed by atoms with Gasteiger partial charge in [-0.25, -0.2) is 4.39 Å². The van der Waals surface area contributed by atoms with E-state index in [9.17, 15) is 18.8 Å². The van der Waals surface area contributed by atoms with Gasteiger partial charge in [-0.2, -0.15) is 0 Å². The van der Waals surface area contributed by atoms with Crippen LogP contribution in [0.3, 0.4) is 0 Å². The van der Waals surface area contributed by atoms with Crippen LogP contribution in [0, 0.1) is 11.2 Å². The maximum absolute atomic E-state index is 14.3. The highest BCUT2D eigenvalue weighted by Crippen LogP contribution is 2.35. The number of carbonyl (C=O) groups excluding carboxylic acids is 3. The summed E-state index contributed by atoms with van der Waals surface area (Å²) in [5, 5.41) is 13.8. The maximum Gasteiger partial charge on any atom is 0.383 e. The molecule has 1 fully saturated rings. The van der Waals surface area contributed by atoms with Gasteiger partial charge in [0, 0.05) is 61.2 Å². The van der Waals surface area contributed by atoms with Crippen molar-refractivity contribution in [1.82, 2.24) is 10.2 Å². The molecule has 12 heteroatoms. The standard InChI is InChI=1S/C33H37FN6O5/c1-3-44-33(45-21(2)41,40-20-25-12-13-26(17-27(25)31(40)42)39-14-6-7-15-39)32(43)38-19-24-11-10-22(30(35)36)16-29(24)37-18-23-8-4-5-9-28(23)34/h4-5,8-13,16-17,37H,3,6-7,14-15,18-20H2,1-2H3,(H3,35,36)(H,38,43)/t33-/m0/s1. The highest BCUT2D eigenvalue weighted by Gasteiger charge is 2.54. The molecule has 3 aromatic rings. The minimum Gasteiger partial charge on any atom is -0.405 e. The lowest BCUT2D eigenvalue weighted by atomic mass is 10.1. The van der Waals surface area contributed by atoms with E-state index in [-0.39, 0.29) is 37.9 Å². The lowest BCUT2D eigenvalue weighted by molar-refractivity contribution is -0.272. The number of ether oxygens (including phenoxy) is 2. The number of amides is 2. The fourth-order valence-electron chi connectivity index (χ4n) is 5.67. The molecule has 0 saturated carbocycles.